The molecule has 8 heteroatoms. The average molecular weight is 474 g/mol. The van der Waals surface area contributed by atoms with E-state index in [0.717, 1.165) is 22.7 Å². The molecule has 0 amide bonds. The molecule has 0 aliphatic rings. The maximum atomic E-state index is 5.90. The van der Waals surface area contributed by atoms with E-state index in [0.29, 0.717) is 17.6 Å². The maximum absolute atomic E-state index is 5.90. The third-order valence-electron chi connectivity index (χ3n) is 4.91. The van der Waals surface area contributed by atoms with E-state index in [1.807, 2.05) is 115 Å². The van der Waals surface area contributed by atoms with E-state index < -0.39 is 0 Å². The molecular weight excluding hydrogens is 450 g/mol. The Morgan fingerprint density at radius 3 is 1.69 bits per heavy atom. The third-order valence-corrected chi connectivity index (χ3v) is 4.91. The number of para-hydroxylation sites is 3. The third kappa shape index (κ3) is 6.42. The van der Waals surface area contributed by atoms with Crippen molar-refractivity contribution in [2.45, 2.75) is 0 Å². The zero-order chi connectivity index (χ0) is 24.4. The van der Waals surface area contributed by atoms with Crippen molar-refractivity contribution in [3.05, 3.63) is 121 Å². The lowest BCUT2D eigenvalue weighted by Crippen LogP contribution is -2.07. The molecule has 5 rings (SSSR count). The van der Waals surface area contributed by atoms with Gasteiger partial charge in [-0.3, -0.25) is 0 Å². The molecule has 0 aliphatic heterocycles. The summed E-state index contributed by atoms with van der Waals surface area (Å²) in [5.41, 5.74) is 5.48. The molecule has 5 aromatic rings. The van der Waals surface area contributed by atoms with Gasteiger partial charge in [-0.05, 0) is 54.1 Å². The van der Waals surface area contributed by atoms with Crippen LogP contribution in [0, 0.1) is 0 Å². The summed E-state index contributed by atoms with van der Waals surface area (Å²) >= 11 is 0. The molecular formula is C28H23N7O. The molecule has 0 atom stereocenters. The number of ether oxygens (including phenoxy) is 1. The van der Waals surface area contributed by atoms with Crippen molar-refractivity contribution < 1.29 is 4.74 Å². The summed E-state index contributed by atoms with van der Waals surface area (Å²) in [6.45, 7) is 0. The molecule has 0 saturated carbocycles. The second kappa shape index (κ2) is 11.3. The van der Waals surface area contributed by atoms with Gasteiger partial charge in [0.1, 0.15) is 11.5 Å². The number of anilines is 5. The molecule has 176 valence electrons. The van der Waals surface area contributed by atoms with Gasteiger partial charge in [0.2, 0.25) is 17.8 Å². The predicted octanol–water partition coefficient (Wildman–Crippen LogP) is 6.60. The Labute approximate surface area is 208 Å². The second-order valence-electron chi connectivity index (χ2n) is 7.65. The second-order valence-corrected chi connectivity index (χ2v) is 7.65. The van der Waals surface area contributed by atoms with Crippen LogP contribution in [0.25, 0.3) is 0 Å². The number of nitrogens with one attached hydrogen (secondary N) is 3. The SMILES string of the molecule is C(=NNc1nc(Nc2ccccc2)nc(Nc2ccccc2)n1)c1cccc(Oc2ccccc2)c1. The quantitative estimate of drug-likeness (QED) is 0.164. The molecule has 36 heavy (non-hydrogen) atoms. The fourth-order valence-corrected chi connectivity index (χ4v) is 3.29. The van der Waals surface area contributed by atoms with Gasteiger partial charge in [-0.2, -0.15) is 20.1 Å². The highest BCUT2D eigenvalue weighted by molar-refractivity contribution is 5.80. The van der Waals surface area contributed by atoms with Crippen molar-refractivity contribution in [3.8, 4) is 11.5 Å². The topological polar surface area (TPSA) is 96.4 Å². The van der Waals surface area contributed by atoms with Gasteiger partial charge in [0.25, 0.3) is 0 Å². The highest BCUT2D eigenvalue weighted by Crippen LogP contribution is 2.22. The van der Waals surface area contributed by atoms with Gasteiger partial charge in [-0.15, -0.1) is 0 Å². The zero-order valence-electron chi connectivity index (χ0n) is 19.2. The Hall–Kier alpha value is -5.24. The maximum Gasteiger partial charge on any atom is 0.250 e. The van der Waals surface area contributed by atoms with Crippen molar-refractivity contribution in [2.75, 3.05) is 16.1 Å². The Morgan fingerprint density at radius 1 is 0.556 bits per heavy atom. The standard InChI is InChI=1S/C28H23N7O/c1-4-12-22(13-5-1)30-26-32-27(31-23-14-6-2-7-15-23)34-28(33-26)35-29-20-21-11-10-18-25(19-21)36-24-16-8-3-9-17-24/h1-20H,(H3,30,31,32,33,34,35). The lowest BCUT2D eigenvalue weighted by molar-refractivity contribution is 0.482. The molecule has 0 bridgehead atoms. The summed E-state index contributed by atoms with van der Waals surface area (Å²) in [7, 11) is 0. The lowest BCUT2D eigenvalue weighted by atomic mass is 10.2. The summed E-state index contributed by atoms with van der Waals surface area (Å²) in [6.07, 6.45) is 1.68. The minimum Gasteiger partial charge on any atom is -0.457 e. The number of hydrogen-bond donors (Lipinski definition) is 3. The number of nitrogens with zero attached hydrogens (tertiary/aromatic N) is 4. The van der Waals surface area contributed by atoms with Crippen LogP contribution < -0.4 is 20.8 Å². The molecule has 3 N–H and O–H groups in total. The summed E-state index contributed by atoms with van der Waals surface area (Å²) < 4.78 is 5.90. The van der Waals surface area contributed by atoms with Crippen LogP contribution in [0.4, 0.5) is 29.2 Å². The molecule has 0 fully saturated rings. The van der Waals surface area contributed by atoms with Gasteiger partial charge in [-0.1, -0.05) is 66.7 Å². The van der Waals surface area contributed by atoms with Crippen LogP contribution in [0.15, 0.2) is 120 Å². The summed E-state index contributed by atoms with van der Waals surface area (Å²) in [5, 5.41) is 10.7. The van der Waals surface area contributed by atoms with Gasteiger partial charge in [-0.25, -0.2) is 5.43 Å². The fourth-order valence-electron chi connectivity index (χ4n) is 3.29. The first kappa shape index (κ1) is 22.5. The van der Waals surface area contributed by atoms with Crippen molar-refractivity contribution in [3.63, 3.8) is 0 Å². The number of benzene rings is 4. The van der Waals surface area contributed by atoms with Crippen LogP contribution in [-0.2, 0) is 0 Å². The largest absolute Gasteiger partial charge is 0.457 e. The summed E-state index contributed by atoms with van der Waals surface area (Å²) in [4.78, 5) is 13.4. The van der Waals surface area contributed by atoms with Gasteiger partial charge in [0.05, 0.1) is 6.21 Å². The molecule has 0 unspecified atom stereocenters. The Kier molecular flexibility index (Phi) is 7.05. The van der Waals surface area contributed by atoms with Crippen LogP contribution >= 0.6 is 0 Å². The van der Waals surface area contributed by atoms with Crippen LogP contribution in [-0.4, -0.2) is 21.2 Å². The van der Waals surface area contributed by atoms with E-state index in [1.54, 1.807) is 6.21 Å². The molecule has 0 saturated heterocycles. The van der Waals surface area contributed by atoms with Crippen LogP contribution in [0.1, 0.15) is 5.56 Å². The Balaban J connectivity index is 1.33. The van der Waals surface area contributed by atoms with Gasteiger partial charge < -0.3 is 15.4 Å². The Morgan fingerprint density at radius 2 is 1.08 bits per heavy atom. The van der Waals surface area contributed by atoms with E-state index in [4.69, 9.17) is 4.74 Å². The minimum atomic E-state index is 0.287. The molecule has 0 aliphatic carbocycles. The van der Waals surface area contributed by atoms with Crippen molar-refractivity contribution >= 4 is 35.4 Å². The van der Waals surface area contributed by atoms with Gasteiger partial charge in [0.15, 0.2) is 0 Å². The first-order valence-electron chi connectivity index (χ1n) is 11.3. The van der Waals surface area contributed by atoms with Gasteiger partial charge >= 0.3 is 0 Å². The zero-order valence-corrected chi connectivity index (χ0v) is 19.2. The summed E-state index contributed by atoms with van der Waals surface area (Å²) in [6, 6.07) is 36.6. The molecule has 0 spiro atoms. The van der Waals surface area contributed by atoms with Crippen molar-refractivity contribution in [1.29, 1.82) is 0 Å². The first-order valence-corrected chi connectivity index (χ1v) is 11.3. The number of rotatable bonds is 9. The predicted molar refractivity (Wildman–Crippen MR) is 143 cm³/mol. The highest BCUT2D eigenvalue weighted by atomic mass is 16.5. The normalized spacial score (nSPS) is 10.7. The highest BCUT2D eigenvalue weighted by Gasteiger charge is 2.07. The van der Waals surface area contributed by atoms with E-state index in [1.165, 1.54) is 0 Å². The van der Waals surface area contributed by atoms with E-state index in [-0.39, 0.29) is 5.95 Å². The van der Waals surface area contributed by atoms with E-state index >= 15 is 0 Å². The fraction of sp³-hybridized carbons (Fsp3) is 0. The molecule has 0 radical (unpaired) electrons. The molecule has 4 aromatic carbocycles. The summed E-state index contributed by atoms with van der Waals surface area (Å²) in [5.74, 6) is 2.53. The number of aromatic nitrogens is 3. The molecule has 1 aromatic heterocycles. The Bertz CT molecular complexity index is 1370. The minimum absolute atomic E-state index is 0.287. The van der Waals surface area contributed by atoms with Gasteiger partial charge in [0, 0.05) is 11.4 Å². The number of hydrazone groups is 1. The molecule has 8 nitrogen and oxygen atoms in total. The average Bonchev–Trinajstić information content (AvgIpc) is 2.91. The van der Waals surface area contributed by atoms with Crippen LogP contribution in [0.5, 0.6) is 11.5 Å². The van der Waals surface area contributed by atoms with Crippen molar-refractivity contribution in [1.82, 2.24) is 15.0 Å². The van der Waals surface area contributed by atoms with E-state index in [9.17, 15) is 0 Å². The smallest absolute Gasteiger partial charge is 0.250 e. The van der Waals surface area contributed by atoms with E-state index in [2.05, 4.69) is 36.1 Å². The first-order chi connectivity index (χ1) is 17.8. The van der Waals surface area contributed by atoms with Crippen molar-refractivity contribution in [2.24, 2.45) is 5.10 Å². The monoisotopic (exact) mass is 473 g/mol. The van der Waals surface area contributed by atoms with Crippen LogP contribution in [0.2, 0.25) is 0 Å². The number of hydrogen-bond acceptors (Lipinski definition) is 8. The van der Waals surface area contributed by atoms with Crippen LogP contribution in [0.3, 0.4) is 0 Å². The molecule has 1 heterocycles. The lowest BCUT2D eigenvalue weighted by Gasteiger charge is -2.10.